The smallest absolute Gasteiger partial charge is 0.278 e. The Bertz CT molecular complexity index is 1140. The van der Waals surface area contributed by atoms with Crippen molar-refractivity contribution < 1.29 is 9.72 Å². The van der Waals surface area contributed by atoms with Gasteiger partial charge in [-0.05, 0) is 30.2 Å². The van der Waals surface area contributed by atoms with Crippen LogP contribution in [0.15, 0.2) is 54.9 Å². The summed E-state index contributed by atoms with van der Waals surface area (Å²) in [4.78, 5) is 34.0. The van der Waals surface area contributed by atoms with Crippen LogP contribution in [0.25, 0.3) is 10.8 Å². The zero-order chi connectivity index (χ0) is 22.7. The Labute approximate surface area is 187 Å². The summed E-state index contributed by atoms with van der Waals surface area (Å²) in [6.07, 6.45) is 3.21. The van der Waals surface area contributed by atoms with E-state index in [0.717, 1.165) is 42.8 Å². The molecule has 2 heterocycles. The molecule has 0 radical (unpaired) electrons. The van der Waals surface area contributed by atoms with Crippen LogP contribution in [0.5, 0.6) is 0 Å². The second kappa shape index (κ2) is 9.32. The number of pyridine rings is 1. The Kier molecular flexibility index (Phi) is 6.32. The first kappa shape index (κ1) is 21.7. The average Bonchev–Trinajstić information content (AvgIpc) is 2.80. The predicted octanol–water partition coefficient (Wildman–Crippen LogP) is 3.23. The highest BCUT2D eigenvalue weighted by Crippen LogP contribution is 2.33. The zero-order valence-corrected chi connectivity index (χ0v) is 18.4. The number of benzene rings is 2. The maximum Gasteiger partial charge on any atom is 0.278 e. The maximum atomic E-state index is 12.8. The minimum Gasteiger partial charge on any atom is -0.368 e. The summed E-state index contributed by atoms with van der Waals surface area (Å²) in [5.74, 6) is 0.105. The van der Waals surface area contributed by atoms with E-state index in [-0.39, 0.29) is 16.5 Å². The van der Waals surface area contributed by atoms with Crippen molar-refractivity contribution in [2.45, 2.75) is 13.5 Å². The van der Waals surface area contributed by atoms with Gasteiger partial charge in [0.05, 0.1) is 16.9 Å². The van der Waals surface area contributed by atoms with E-state index in [4.69, 9.17) is 0 Å². The van der Waals surface area contributed by atoms with Crippen molar-refractivity contribution in [2.75, 3.05) is 44.7 Å². The number of fused-ring (bicyclic) bond motifs is 1. The molecule has 3 aromatic rings. The molecule has 8 nitrogen and oxygen atoms in total. The third kappa shape index (κ3) is 4.55. The molecule has 0 unspecified atom stereocenters. The van der Waals surface area contributed by atoms with Crippen molar-refractivity contribution in [3.8, 4) is 0 Å². The molecule has 1 fully saturated rings. The summed E-state index contributed by atoms with van der Waals surface area (Å²) in [5.41, 5.74) is 3.38. The number of nitro groups is 1. The SMILES string of the molecule is Cc1ccccc1CN(C)C(=O)CN1CCN(c2ccc([N+](=O)[O-])c3cnccc23)CC1. The molecular formula is C24H27N5O3. The number of aryl methyl sites for hydroxylation is 1. The number of nitrogens with zero attached hydrogens (tertiary/aromatic N) is 5. The third-order valence-electron chi connectivity index (χ3n) is 6.14. The summed E-state index contributed by atoms with van der Waals surface area (Å²) in [6.45, 7) is 6.08. The van der Waals surface area contributed by atoms with Crippen LogP contribution in [0.1, 0.15) is 11.1 Å². The van der Waals surface area contributed by atoms with Crippen molar-refractivity contribution in [1.29, 1.82) is 0 Å². The second-order valence-corrected chi connectivity index (χ2v) is 8.22. The van der Waals surface area contributed by atoms with Crippen LogP contribution >= 0.6 is 0 Å². The number of amides is 1. The summed E-state index contributed by atoms with van der Waals surface area (Å²) in [6, 6.07) is 13.3. The van der Waals surface area contributed by atoms with E-state index in [9.17, 15) is 14.9 Å². The maximum absolute atomic E-state index is 12.8. The molecule has 1 aliphatic rings. The zero-order valence-electron chi connectivity index (χ0n) is 18.4. The molecule has 2 aromatic carbocycles. The van der Waals surface area contributed by atoms with Gasteiger partial charge in [0.1, 0.15) is 0 Å². The molecule has 1 aromatic heterocycles. The van der Waals surface area contributed by atoms with Crippen molar-refractivity contribution in [3.63, 3.8) is 0 Å². The number of aromatic nitrogens is 1. The summed E-state index contributed by atoms with van der Waals surface area (Å²) in [5, 5.41) is 12.7. The van der Waals surface area contributed by atoms with Gasteiger partial charge >= 0.3 is 0 Å². The fourth-order valence-electron chi connectivity index (χ4n) is 4.18. The number of carbonyl (C=O) groups excluding carboxylic acids is 1. The molecule has 32 heavy (non-hydrogen) atoms. The standard InChI is InChI=1S/C24H27N5O3/c1-18-5-3-4-6-19(18)16-26(2)24(30)17-27-11-13-28(14-12-27)22-7-8-23(29(31)32)21-15-25-10-9-20(21)22/h3-10,15H,11-14,16-17H2,1-2H3. The largest absolute Gasteiger partial charge is 0.368 e. The third-order valence-corrected chi connectivity index (χ3v) is 6.14. The van der Waals surface area contributed by atoms with Crippen LogP contribution in [0.4, 0.5) is 11.4 Å². The predicted molar refractivity (Wildman–Crippen MR) is 125 cm³/mol. The minimum atomic E-state index is -0.370. The van der Waals surface area contributed by atoms with Crippen LogP contribution in [0.2, 0.25) is 0 Å². The number of nitro benzene ring substituents is 1. The summed E-state index contributed by atoms with van der Waals surface area (Å²) < 4.78 is 0. The van der Waals surface area contributed by atoms with Crippen molar-refractivity contribution >= 4 is 28.1 Å². The quantitative estimate of drug-likeness (QED) is 0.438. The Morgan fingerprint density at radius 2 is 1.84 bits per heavy atom. The minimum absolute atomic E-state index is 0.0674. The second-order valence-electron chi connectivity index (χ2n) is 8.22. The number of non-ortho nitro benzene ring substituents is 1. The molecule has 0 bridgehead atoms. The molecule has 8 heteroatoms. The van der Waals surface area contributed by atoms with Gasteiger partial charge < -0.3 is 9.80 Å². The topological polar surface area (TPSA) is 82.8 Å². The normalized spacial score (nSPS) is 14.5. The highest BCUT2D eigenvalue weighted by Gasteiger charge is 2.23. The van der Waals surface area contributed by atoms with Crippen LogP contribution in [-0.2, 0) is 11.3 Å². The number of hydrogen-bond acceptors (Lipinski definition) is 6. The molecule has 0 N–H and O–H groups in total. The molecule has 166 valence electrons. The lowest BCUT2D eigenvalue weighted by Crippen LogP contribution is -2.49. The first-order valence-electron chi connectivity index (χ1n) is 10.7. The lowest BCUT2D eigenvalue weighted by Gasteiger charge is -2.36. The number of likely N-dealkylation sites (N-methyl/N-ethyl adjacent to an activating group) is 1. The number of rotatable bonds is 6. The molecule has 1 saturated heterocycles. The van der Waals surface area contributed by atoms with Gasteiger partial charge in [-0.2, -0.15) is 0 Å². The van der Waals surface area contributed by atoms with Crippen LogP contribution in [-0.4, -0.2) is 65.4 Å². The van der Waals surface area contributed by atoms with E-state index in [0.29, 0.717) is 18.5 Å². The monoisotopic (exact) mass is 433 g/mol. The van der Waals surface area contributed by atoms with Crippen molar-refractivity contribution in [2.24, 2.45) is 0 Å². The lowest BCUT2D eigenvalue weighted by molar-refractivity contribution is -0.383. The van der Waals surface area contributed by atoms with E-state index in [1.54, 1.807) is 23.4 Å². The fraction of sp³-hybridized carbons (Fsp3) is 0.333. The first-order chi connectivity index (χ1) is 15.4. The first-order valence-corrected chi connectivity index (χ1v) is 10.7. The number of anilines is 1. The highest BCUT2D eigenvalue weighted by atomic mass is 16.6. The Balaban J connectivity index is 1.38. The number of hydrogen-bond donors (Lipinski definition) is 0. The van der Waals surface area contributed by atoms with Gasteiger partial charge in [-0.25, -0.2) is 0 Å². The van der Waals surface area contributed by atoms with Gasteiger partial charge in [0.25, 0.3) is 5.69 Å². The summed E-state index contributed by atoms with van der Waals surface area (Å²) in [7, 11) is 1.85. The van der Waals surface area contributed by atoms with E-state index in [1.807, 2.05) is 31.3 Å². The molecule has 0 saturated carbocycles. The van der Waals surface area contributed by atoms with Crippen molar-refractivity contribution in [3.05, 3.63) is 76.1 Å². The van der Waals surface area contributed by atoms with Gasteiger partial charge in [-0.15, -0.1) is 0 Å². The molecule has 1 aliphatic heterocycles. The van der Waals surface area contributed by atoms with Crippen molar-refractivity contribution in [1.82, 2.24) is 14.8 Å². The molecule has 1 amide bonds. The molecule has 0 aliphatic carbocycles. The van der Waals surface area contributed by atoms with E-state index < -0.39 is 0 Å². The van der Waals surface area contributed by atoms with E-state index >= 15 is 0 Å². The van der Waals surface area contributed by atoms with Gasteiger partial charge in [0.15, 0.2) is 0 Å². The van der Waals surface area contributed by atoms with E-state index in [1.165, 1.54) is 5.56 Å². The average molecular weight is 434 g/mol. The van der Waals surface area contributed by atoms with Gasteiger partial charge in [0.2, 0.25) is 5.91 Å². The number of carbonyl (C=O) groups is 1. The molecular weight excluding hydrogens is 406 g/mol. The van der Waals surface area contributed by atoms with E-state index in [2.05, 4.69) is 33.8 Å². The van der Waals surface area contributed by atoms with Gasteiger partial charge in [-0.1, -0.05) is 24.3 Å². The molecule has 0 spiro atoms. The Morgan fingerprint density at radius 1 is 1.09 bits per heavy atom. The van der Waals surface area contributed by atoms with Crippen LogP contribution < -0.4 is 4.90 Å². The Hall–Kier alpha value is -3.52. The Morgan fingerprint density at radius 3 is 2.56 bits per heavy atom. The van der Waals surface area contributed by atoms with Crippen LogP contribution in [0.3, 0.4) is 0 Å². The fourth-order valence-corrected chi connectivity index (χ4v) is 4.18. The van der Waals surface area contributed by atoms with Gasteiger partial charge in [0, 0.05) is 69.3 Å². The van der Waals surface area contributed by atoms with Crippen LogP contribution in [0, 0.1) is 17.0 Å². The number of piperazine rings is 1. The molecule has 0 atom stereocenters. The summed E-state index contributed by atoms with van der Waals surface area (Å²) >= 11 is 0. The highest BCUT2D eigenvalue weighted by molar-refractivity contribution is 5.99. The lowest BCUT2D eigenvalue weighted by atomic mass is 10.1. The molecule has 4 rings (SSSR count). The van der Waals surface area contributed by atoms with Gasteiger partial charge in [-0.3, -0.25) is 24.8 Å².